The molecule has 0 amide bonds. The summed E-state index contributed by atoms with van der Waals surface area (Å²) in [4.78, 5) is 12.3. The zero-order valence-electron chi connectivity index (χ0n) is 20.1. The molecular weight excluding hydrogens is 392 g/mol. The highest BCUT2D eigenvalue weighted by atomic mass is 16.5. The monoisotopic (exact) mass is 434 g/mol. The van der Waals surface area contributed by atoms with Crippen molar-refractivity contribution in [3.8, 4) is 5.75 Å². The third-order valence-corrected chi connectivity index (χ3v) is 5.90. The van der Waals surface area contributed by atoms with Crippen LogP contribution in [0.5, 0.6) is 5.75 Å². The molecule has 2 aromatic rings. The number of unbranched alkanes of at least 4 members (excludes halogenated alkanes) is 12. The molecule has 2 rings (SSSR count). The van der Waals surface area contributed by atoms with Gasteiger partial charge in [-0.3, -0.25) is 4.79 Å². The van der Waals surface area contributed by atoms with Gasteiger partial charge in [-0.1, -0.05) is 133 Å². The number of para-hydroxylation sites is 1. The molecule has 0 spiro atoms. The topological polar surface area (TPSA) is 26.3 Å². The summed E-state index contributed by atoms with van der Waals surface area (Å²) < 4.78 is 6.01. The van der Waals surface area contributed by atoms with Gasteiger partial charge in [-0.25, -0.2) is 0 Å². The molecule has 2 aromatic carbocycles. The maximum absolute atomic E-state index is 12.3. The molecular formula is C30H42O2. The molecule has 0 aromatic heterocycles. The summed E-state index contributed by atoms with van der Waals surface area (Å²) in [5.74, 6) is 0.862. The number of carbonyl (C=O) groups is 1. The van der Waals surface area contributed by atoms with Gasteiger partial charge in [0.1, 0.15) is 5.75 Å². The van der Waals surface area contributed by atoms with Gasteiger partial charge in [0.2, 0.25) is 0 Å². The van der Waals surface area contributed by atoms with Crippen LogP contribution >= 0.6 is 0 Å². The highest BCUT2D eigenvalue weighted by Crippen LogP contribution is 2.20. The molecule has 0 aliphatic heterocycles. The first-order valence-corrected chi connectivity index (χ1v) is 12.8. The van der Waals surface area contributed by atoms with Crippen LogP contribution in [-0.2, 0) is 0 Å². The fourth-order valence-corrected chi connectivity index (χ4v) is 3.92. The summed E-state index contributed by atoms with van der Waals surface area (Å²) in [6.07, 6.45) is 21.0. The maximum atomic E-state index is 12.3. The normalized spacial score (nSPS) is 11.2. The van der Waals surface area contributed by atoms with Gasteiger partial charge >= 0.3 is 0 Å². The van der Waals surface area contributed by atoms with Crippen LogP contribution in [0.3, 0.4) is 0 Å². The van der Waals surface area contributed by atoms with E-state index in [4.69, 9.17) is 4.74 Å². The highest BCUT2D eigenvalue weighted by molar-refractivity contribution is 6.06. The van der Waals surface area contributed by atoms with E-state index in [9.17, 15) is 4.79 Å². The van der Waals surface area contributed by atoms with Crippen LogP contribution in [0.4, 0.5) is 0 Å². The van der Waals surface area contributed by atoms with Crippen LogP contribution in [0.1, 0.15) is 106 Å². The number of carbonyl (C=O) groups excluding carboxylic acids is 1. The Balaban J connectivity index is 1.55. The van der Waals surface area contributed by atoms with E-state index in [1.54, 1.807) is 6.08 Å². The minimum Gasteiger partial charge on any atom is -0.493 e. The molecule has 0 radical (unpaired) electrons. The predicted molar refractivity (Wildman–Crippen MR) is 137 cm³/mol. The summed E-state index contributed by atoms with van der Waals surface area (Å²) in [6, 6.07) is 17.3. The SMILES string of the molecule is CCCCCCCCCCCCCCCOc1ccccc1C=CC(=O)c1ccccc1. The van der Waals surface area contributed by atoms with E-state index < -0.39 is 0 Å². The number of allylic oxidation sites excluding steroid dienone is 1. The van der Waals surface area contributed by atoms with E-state index in [0.717, 1.165) is 24.3 Å². The van der Waals surface area contributed by atoms with E-state index in [2.05, 4.69) is 6.92 Å². The molecule has 0 aliphatic rings. The molecule has 0 atom stereocenters. The Hall–Kier alpha value is -2.35. The first kappa shape index (κ1) is 25.9. The number of rotatable bonds is 18. The van der Waals surface area contributed by atoms with Gasteiger partial charge < -0.3 is 4.74 Å². The van der Waals surface area contributed by atoms with Crippen LogP contribution in [0, 0.1) is 0 Å². The van der Waals surface area contributed by atoms with Crippen molar-refractivity contribution in [1.82, 2.24) is 0 Å². The van der Waals surface area contributed by atoms with Crippen molar-refractivity contribution in [2.75, 3.05) is 6.61 Å². The zero-order valence-corrected chi connectivity index (χ0v) is 20.1. The van der Waals surface area contributed by atoms with Gasteiger partial charge in [0, 0.05) is 11.1 Å². The lowest BCUT2D eigenvalue weighted by Crippen LogP contribution is -1.99. The average molecular weight is 435 g/mol. The van der Waals surface area contributed by atoms with Crippen molar-refractivity contribution < 1.29 is 9.53 Å². The van der Waals surface area contributed by atoms with Crippen molar-refractivity contribution in [3.63, 3.8) is 0 Å². The predicted octanol–water partition coefficient (Wildman–Crippen LogP) is 9.05. The molecule has 0 N–H and O–H groups in total. The fraction of sp³-hybridized carbons (Fsp3) is 0.500. The summed E-state index contributed by atoms with van der Waals surface area (Å²) in [7, 11) is 0. The largest absolute Gasteiger partial charge is 0.493 e. The Morgan fingerprint density at radius 3 is 1.84 bits per heavy atom. The molecule has 0 heterocycles. The molecule has 0 saturated carbocycles. The van der Waals surface area contributed by atoms with Gasteiger partial charge in [-0.15, -0.1) is 0 Å². The lowest BCUT2D eigenvalue weighted by atomic mass is 10.0. The molecule has 2 heteroatoms. The van der Waals surface area contributed by atoms with Crippen molar-refractivity contribution in [1.29, 1.82) is 0 Å². The molecule has 32 heavy (non-hydrogen) atoms. The summed E-state index contributed by atoms with van der Waals surface area (Å²) in [6.45, 7) is 3.01. The lowest BCUT2D eigenvalue weighted by molar-refractivity contribution is 0.104. The second-order valence-electron chi connectivity index (χ2n) is 8.69. The third kappa shape index (κ3) is 11.3. The van der Waals surface area contributed by atoms with Crippen molar-refractivity contribution in [2.24, 2.45) is 0 Å². The number of hydrogen-bond acceptors (Lipinski definition) is 2. The second-order valence-corrected chi connectivity index (χ2v) is 8.69. The van der Waals surface area contributed by atoms with Crippen LogP contribution in [0.15, 0.2) is 60.7 Å². The molecule has 174 valence electrons. The van der Waals surface area contributed by atoms with Crippen LogP contribution in [-0.4, -0.2) is 12.4 Å². The van der Waals surface area contributed by atoms with Crippen LogP contribution in [0.25, 0.3) is 6.08 Å². The molecule has 0 fully saturated rings. The zero-order chi connectivity index (χ0) is 22.7. The highest BCUT2D eigenvalue weighted by Gasteiger charge is 2.03. The summed E-state index contributed by atoms with van der Waals surface area (Å²) in [5.41, 5.74) is 1.65. The minimum absolute atomic E-state index is 0.0110. The van der Waals surface area contributed by atoms with E-state index in [0.29, 0.717) is 5.56 Å². The Labute approximate surface area is 196 Å². The van der Waals surface area contributed by atoms with E-state index in [-0.39, 0.29) is 5.78 Å². The van der Waals surface area contributed by atoms with Crippen molar-refractivity contribution in [2.45, 2.75) is 90.4 Å². The van der Waals surface area contributed by atoms with Gasteiger partial charge in [0.05, 0.1) is 6.61 Å². The molecule has 0 aliphatic carbocycles. The number of ether oxygens (including phenoxy) is 1. The number of ketones is 1. The molecule has 0 bridgehead atoms. The first-order chi connectivity index (χ1) is 15.8. The standard InChI is InChI=1S/C30H42O2/c1-2-3-4-5-6-7-8-9-10-11-12-13-19-26-32-30-23-18-17-22-28(30)24-25-29(31)27-20-15-14-16-21-27/h14-18,20-25H,2-13,19,26H2,1H3. The van der Waals surface area contributed by atoms with E-state index in [1.807, 2.05) is 60.7 Å². The Kier molecular flexibility index (Phi) is 14.0. The van der Waals surface area contributed by atoms with E-state index >= 15 is 0 Å². The summed E-state index contributed by atoms with van der Waals surface area (Å²) in [5, 5.41) is 0. The van der Waals surface area contributed by atoms with Crippen molar-refractivity contribution >= 4 is 11.9 Å². The Morgan fingerprint density at radius 1 is 0.688 bits per heavy atom. The molecule has 2 nitrogen and oxygen atoms in total. The second kappa shape index (κ2) is 17.2. The average Bonchev–Trinajstić information content (AvgIpc) is 2.84. The van der Waals surface area contributed by atoms with Gasteiger partial charge in [0.25, 0.3) is 0 Å². The van der Waals surface area contributed by atoms with Crippen LogP contribution < -0.4 is 4.74 Å². The van der Waals surface area contributed by atoms with Gasteiger partial charge in [0.15, 0.2) is 5.78 Å². The summed E-state index contributed by atoms with van der Waals surface area (Å²) >= 11 is 0. The maximum Gasteiger partial charge on any atom is 0.185 e. The van der Waals surface area contributed by atoms with Crippen LogP contribution in [0.2, 0.25) is 0 Å². The Morgan fingerprint density at radius 2 is 1.22 bits per heavy atom. The van der Waals surface area contributed by atoms with Gasteiger partial charge in [-0.05, 0) is 24.6 Å². The molecule has 0 unspecified atom stereocenters. The first-order valence-electron chi connectivity index (χ1n) is 12.8. The number of benzene rings is 2. The lowest BCUT2D eigenvalue weighted by Gasteiger charge is -2.09. The van der Waals surface area contributed by atoms with Crippen molar-refractivity contribution in [3.05, 3.63) is 71.8 Å². The smallest absolute Gasteiger partial charge is 0.185 e. The minimum atomic E-state index is 0.0110. The van der Waals surface area contributed by atoms with E-state index in [1.165, 1.54) is 77.0 Å². The quantitative estimate of drug-likeness (QED) is 0.133. The number of hydrogen-bond donors (Lipinski definition) is 0. The Bertz CT molecular complexity index is 763. The molecule has 0 saturated heterocycles. The fourth-order valence-electron chi connectivity index (χ4n) is 3.92. The third-order valence-electron chi connectivity index (χ3n) is 5.90. The van der Waals surface area contributed by atoms with Gasteiger partial charge in [-0.2, -0.15) is 0 Å².